The molecule has 1 saturated heterocycles. The summed E-state index contributed by atoms with van der Waals surface area (Å²) in [4.78, 5) is 0. The molecule has 1 fully saturated rings. The van der Waals surface area contributed by atoms with Crippen LogP contribution in [0.4, 0.5) is 0 Å². The summed E-state index contributed by atoms with van der Waals surface area (Å²) < 4.78 is 0. The summed E-state index contributed by atoms with van der Waals surface area (Å²) in [7, 11) is 0. The fraction of sp³-hybridized carbons (Fsp3) is 0.833. The zero-order chi connectivity index (χ0) is 9.73. The first-order valence-corrected chi connectivity index (χ1v) is 5.54. The van der Waals surface area contributed by atoms with Gasteiger partial charge >= 0.3 is 0 Å². The minimum Gasteiger partial charge on any atom is -0.311 e. The molecule has 0 bridgehead atoms. The van der Waals surface area contributed by atoms with Crippen molar-refractivity contribution in [2.75, 3.05) is 6.54 Å². The van der Waals surface area contributed by atoms with Crippen LogP contribution >= 0.6 is 0 Å². The Morgan fingerprint density at radius 2 is 2.31 bits per heavy atom. The van der Waals surface area contributed by atoms with E-state index in [1.807, 2.05) is 6.08 Å². The van der Waals surface area contributed by atoms with E-state index in [2.05, 4.69) is 25.7 Å². The van der Waals surface area contributed by atoms with Gasteiger partial charge in [0.1, 0.15) is 0 Å². The lowest BCUT2D eigenvalue weighted by Crippen LogP contribution is -2.40. The predicted octanol–water partition coefficient (Wildman–Crippen LogP) is 3.12. The Bertz CT molecular complexity index is 155. The molecule has 1 atom stereocenters. The Morgan fingerprint density at radius 1 is 1.54 bits per heavy atom. The van der Waals surface area contributed by atoms with Gasteiger partial charge < -0.3 is 5.32 Å². The van der Waals surface area contributed by atoms with E-state index in [4.69, 9.17) is 0 Å². The van der Waals surface area contributed by atoms with Gasteiger partial charge in [0.2, 0.25) is 0 Å². The lowest BCUT2D eigenvalue weighted by atomic mass is 9.83. The molecule has 0 aromatic carbocycles. The van der Waals surface area contributed by atoms with E-state index in [0.717, 1.165) is 12.3 Å². The Morgan fingerprint density at radius 3 is 2.77 bits per heavy atom. The van der Waals surface area contributed by atoms with E-state index in [-0.39, 0.29) is 0 Å². The molecule has 1 N–H and O–H groups in total. The van der Waals surface area contributed by atoms with Crippen molar-refractivity contribution in [3.63, 3.8) is 0 Å². The standard InChI is InChI=1S/C12H23N/c1-4-5-7-12(10-11(2)3)8-6-9-13-12/h4,11,13H,1,5-10H2,2-3H3. The maximum atomic E-state index is 3.80. The summed E-state index contributed by atoms with van der Waals surface area (Å²) in [6.45, 7) is 9.65. The van der Waals surface area contributed by atoms with Crippen molar-refractivity contribution in [1.29, 1.82) is 0 Å². The maximum Gasteiger partial charge on any atom is 0.0187 e. The van der Waals surface area contributed by atoms with Crippen molar-refractivity contribution in [3.05, 3.63) is 12.7 Å². The molecule has 0 spiro atoms. The van der Waals surface area contributed by atoms with Gasteiger partial charge in [-0.05, 0) is 44.6 Å². The van der Waals surface area contributed by atoms with Crippen LogP contribution < -0.4 is 5.32 Å². The molecule has 0 amide bonds. The summed E-state index contributed by atoms with van der Waals surface area (Å²) in [5.74, 6) is 0.801. The van der Waals surface area contributed by atoms with Crippen LogP contribution in [0, 0.1) is 5.92 Å². The van der Waals surface area contributed by atoms with Crippen LogP contribution in [-0.2, 0) is 0 Å². The van der Waals surface area contributed by atoms with Gasteiger partial charge in [-0.15, -0.1) is 6.58 Å². The molecule has 1 aliphatic rings. The second-order valence-electron chi connectivity index (χ2n) is 4.74. The van der Waals surface area contributed by atoms with Crippen LogP contribution in [0.3, 0.4) is 0 Å². The van der Waals surface area contributed by atoms with Gasteiger partial charge in [-0.1, -0.05) is 19.9 Å². The number of rotatable bonds is 5. The Hall–Kier alpha value is -0.300. The second kappa shape index (κ2) is 4.80. The summed E-state index contributed by atoms with van der Waals surface area (Å²) in [5, 5.41) is 3.69. The van der Waals surface area contributed by atoms with Crippen molar-refractivity contribution >= 4 is 0 Å². The third-order valence-corrected chi connectivity index (χ3v) is 2.96. The normalized spacial score (nSPS) is 28.2. The Kier molecular flexibility index (Phi) is 3.98. The molecular weight excluding hydrogens is 158 g/mol. The van der Waals surface area contributed by atoms with Crippen molar-refractivity contribution < 1.29 is 0 Å². The van der Waals surface area contributed by atoms with Gasteiger partial charge in [-0.25, -0.2) is 0 Å². The molecule has 1 heterocycles. The second-order valence-corrected chi connectivity index (χ2v) is 4.74. The molecule has 76 valence electrons. The highest BCUT2D eigenvalue weighted by Crippen LogP contribution is 2.31. The molecule has 0 aromatic heterocycles. The molecule has 0 aromatic rings. The van der Waals surface area contributed by atoms with Crippen molar-refractivity contribution in [1.82, 2.24) is 5.32 Å². The highest BCUT2D eigenvalue weighted by Gasteiger charge is 2.32. The molecule has 1 unspecified atom stereocenters. The quantitative estimate of drug-likeness (QED) is 0.643. The molecule has 0 radical (unpaired) electrons. The fourth-order valence-corrected chi connectivity index (χ4v) is 2.52. The van der Waals surface area contributed by atoms with E-state index in [0.29, 0.717) is 5.54 Å². The van der Waals surface area contributed by atoms with Gasteiger partial charge in [0, 0.05) is 5.54 Å². The van der Waals surface area contributed by atoms with E-state index in [1.54, 1.807) is 0 Å². The lowest BCUT2D eigenvalue weighted by Gasteiger charge is -2.31. The minimum absolute atomic E-state index is 0.447. The first-order valence-electron chi connectivity index (χ1n) is 5.54. The third-order valence-electron chi connectivity index (χ3n) is 2.96. The van der Waals surface area contributed by atoms with Crippen LogP contribution in [0.25, 0.3) is 0 Å². The topological polar surface area (TPSA) is 12.0 Å². The molecule has 0 aliphatic carbocycles. The summed E-state index contributed by atoms with van der Waals surface area (Å²) >= 11 is 0. The van der Waals surface area contributed by atoms with E-state index in [1.165, 1.54) is 32.2 Å². The monoisotopic (exact) mass is 181 g/mol. The summed E-state index contributed by atoms with van der Waals surface area (Å²) in [6, 6.07) is 0. The SMILES string of the molecule is C=CCCC1(CC(C)C)CCCN1. The first-order chi connectivity index (χ1) is 6.18. The molecule has 13 heavy (non-hydrogen) atoms. The van der Waals surface area contributed by atoms with Gasteiger partial charge in [-0.2, -0.15) is 0 Å². The van der Waals surface area contributed by atoms with Gasteiger partial charge in [0.25, 0.3) is 0 Å². The largest absolute Gasteiger partial charge is 0.311 e. The molecular formula is C12H23N. The van der Waals surface area contributed by atoms with Gasteiger partial charge in [-0.3, -0.25) is 0 Å². The average Bonchev–Trinajstić information content (AvgIpc) is 2.49. The van der Waals surface area contributed by atoms with Crippen LogP contribution in [0.15, 0.2) is 12.7 Å². The third kappa shape index (κ3) is 3.15. The minimum atomic E-state index is 0.447. The zero-order valence-electron chi connectivity index (χ0n) is 9.10. The predicted molar refractivity (Wildman–Crippen MR) is 58.9 cm³/mol. The fourth-order valence-electron chi connectivity index (χ4n) is 2.52. The average molecular weight is 181 g/mol. The number of allylic oxidation sites excluding steroid dienone is 1. The summed E-state index contributed by atoms with van der Waals surface area (Å²) in [5.41, 5.74) is 0.447. The molecule has 1 aliphatic heterocycles. The number of hydrogen-bond donors (Lipinski definition) is 1. The molecule has 0 saturated carbocycles. The van der Waals surface area contributed by atoms with E-state index in [9.17, 15) is 0 Å². The molecule has 1 rings (SSSR count). The number of nitrogens with one attached hydrogen (secondary N) is 1. The Balaban J connectivity index is 2.47. The Labute approximate surface area is 82.6 Å². The van der Waals surface area contributed by atoms with E-state index < -0.39 is 0 Å². The maximum absolute atomic E-state index is 3.80. The van der Waals surface area contributed by atoms with Crippen LogP contribution in [0.2, 0.25) is 0 Å². The van der Waals surface area contributed by atoms with Crippen molar-refractivity contribution in [2.45, 2.75) is 51.5 Å². The van der Waals surface area contributed by atoms with Crippen LogP contribution in [0.1, 0.15) is 46.0 Å². The first kappa shape index (κ1) is 10.8. The van der Waals surface area contributed by atoms with Crippen LogP contribution in [-0.4, -0.2) is 12.1 Å². The van der Waals surface area contributed by atoms with Crippen LogP contribution in [0.5, 0.6) is 0 Å². The van der Waals surface area contributed by atoms with Gasteiger partial charge in [0.05, 0.1) is 0 Å². The highest BCUT2D eigenvalue weighted by atomic mass is 15.0. The van der Waals surface area contributed by atoms with E-state index >= 15 is 0 Å². The smallest absolute Gasteiger partial charge is 0.0187 e. The van der Waals surface area contributed by atoms with Crippen molar-refractivity contribution in [3.8, 4) is 0 Å². The number of hydrogen-bond acceptors (Lipinski definition) is 1. The van der Waals surface area contributed by atoms with Crippen molar-refractivity contribution in [2.24, 2.45) is 5.92 Å². The summed E-state index contributed by atoms with van der Waals surface area (Å²) in [6.07, 6.45) is 8.50. The molecule has 1 heteroatoms. The van der Waals surface area contributed by atoms with Gasteiger partial charge in [0.15, 0.2) is 0 Å². The zero-order valence-corrected chi connectivity index (χ0v) is 9.10. The lowest BCUT2D eigenvalue weighted by molar-refractivity contribution is 0.286. The molecule has 1 nitrogen and oxygen atoms in total. The highest BCUT2D eigenvalue weighted by molar-refractivity contribution is 4.94.